The van der Waals surface area contributed by atoms with E-state index >= 15 is 0 Å². The first-order valence-corrected chi connectivity index (χ1v) is 7.41. The number of hydrogen-bond donors (Lipinski definition) is 3. The van der Waals surface area contributed by atoms with E-state index in [2.05, 4.69) is 14.9 Å². The second-order valence-corrected chi connectivity index (χ2v) is 5.68. The van der Waals surface area contributed by atoms with Gasteiger partial charge in [-0.15, -0.1) is 0 Å². The number of H-pyrrole nitrogens is 1. The molecule has 0 radical (unpaired) electrons. The third kappa shape index (κ3) is 3.44. The largest absolute Gasteiger partial charge is 0.383 e. The maximum absolute atomic E-state index is 12.0. The van der Waals surface area contributed by atoms with Gasteiger partial charge in [-0.3, -0.25) is 9.89 Å². The van der Waals surface area contributed by atoms with E-state index in [-0.39, 0.29) is 16.6 Å². The number of rotatable bonds is 6. The van der Waals surface area contributed by atoms with Crippen molar-refractivity contribution in [1.29, 1.82) is 0 Å². The zero-order valence-corrected chi connectivity index (χ0v) is 12.0. The van der Waals surface area contributed by atoms with Crippen LogP contribution in [-0.2, 0) is 14.8 Å². The van der Waals surface area contributed by atoms with Crippen molar-refractivity contribution in [2.24, 2.45) is 0 Å². The predicted octanol–water partition coefficient (Wildman–Crippen LogP) is -0.473. The normalized spacial score (nSPS) is 13.2. The SMILES string of the molecule is CCN(CC)C(=O)C(C)NS(=O)(=O)c1cn[nH]c1N. The molecule has 0 aliphatic rings. The summed E-state index contributed by atoms with van der Waals surface area (Å²) in [5.74, 6) is -0.342. The number of nitrogen functional groups attached to an aromatic ring is 1. The van der Waals surface area contributed by atoms with Crippen LogP contribution < -0.4 is 10.5 Å². The van der Waals surface area contributed by atoms with Crippen LogP contribution in [0.2, 0.25) is 0 Å². The second-order valence-electron chi connectivity index (χ2n) is 4.00. The van der Waals surface area contributed by atoms with Gasteiger partial charge in [0.2, 0.25) is 15.9 Å². The van der Waals surface area contributed by atoms with Gasteiger partial charge in [0.05, 0.1) is 12.2 Å². The average Bonchev–Trinajstić information content (AvgIpc) is 2.77. The van der Waals surface area contributed by atoms with Crippen molar-refractivity contribution in [3.63, 3.8) is 0 Å². The van der Waals surface area contributed by atoms with Crippen LogP contribution in [0.25, 0.3) is 0 Å². The van der Waals surface area contributed by atoms with E-state index in [4.69, 9.17) is 5.73 Å². The standard InChI is InChI=1S/C10H19N5O3S/c1-4-15(5-2)10(16)7(3)14-19(17,18)8-6-12-13-9(8)11/h6-7,14H,4-5H2,1-3H3,(H3,11,12,13). The summed E-state index contributed by atoms with van der Waals surface area (Å²) in [6.07, 6.45) is 1.10. The minimum absolute atomic E-state index is 0.0602. The Labute approximate surface area is 112 Å². The number of sulfonamides is 1. The zero-order valence-electron chi connectivity index (χ0n) is 11.2. The molecule has 19 heavy (non-hydrogen) atoms. The molecule has 1 amide bonds. The van der Waals surface area contributed by atoms with E-state index in [0.29, 0.717) is 13.1 Å². The first kappa shape index (κ1) is 15.4. The molecule has 0 bridgehead atoms. The number of carbonyl (C=O) groups excluding carboxylic acids is 1. The monoisotopic (exact) mass is 289 g/mol. The predicted molar refractivity (Wildman–Crippen MR) is 70.7 cm³/mol. The summed E-state index contributed by atoms with van der Waals surface area (Å²) in [7, 11) is -3.86. The number of anilines is 1. The van der Waals surface area contributed by atoms with Gasteiger partial charge in [0.1, 0.15) is 10.7 Å². The Morgan fingerprint density at radius 1 is 1.53 bits per heavy atom. The molecule has 1 rings (SSSR count). The highest BCUT2D eigenvalue weighted by Crippen LogP contribution is 2.14. The van der Waals surface area contributed by atoms with Crippen molar-refractivity contribution in [1.82, 2.24) is 19.8 Å². The molecule has 0 spiro atoms. The van der Waals surface area contributed by atoms with Crippen molar-refractivity contribution in [2.45, 2.75) is 31.7 Å². The first-order valence-electron chi connectivity index (χ1n) is 5.93. The van der Waals surface area contributed by atoms with Crippen molar-refractivity contribution < 1.29 is 13.2 Å². The Balaban J connectivity index is 2.85. The van der Waals surface area contributed by atoms with Crippen molar-refractivity contribution >= 4 is 21.7 Å². The van der Waals surface area contributed by atoms with Gasteiger partial charge in [-0.05, 0) is 20.8 Å². The lowest BCUT2D eigenvalue weighted by Gasteiger charge is -2.23. The smallest absolute Gasteiger partial charge is 0.246 e. The molecule has 1 heterocycles. The maximum Gasteiger partial charge on any atom is 0.246 e. The molecule has 9 heteroatoms. The number of carbonyl (C=O) groups is 1. The number of nitrogens with two attached hydrogens (primary N) is 1. The lowest BCUT2D eigenvalue weighted by molar-refractivity contribution is -0.132. The first-order chi connectivity index (χ1) is 8.83. The molecule has 0 saturated heterocycles. The van der Waals surface area contributed by atoms with E-state index < -0.39 is 16.1 Å². The van der Waals surface area contributed by atoms with Crippen LogP contribution in [0, 0.1) is 0 Å². The summed E-state index contributed by atoms with van der Waals surface area (Å²) in [6, 6.07) is -0.862. The van der Waals surface area contributed by atoms with Crippen LogP contribution in [0.4, 0.5) is 5.82 Å². The third-order valence-corrected chi connectivity index (χ3v) is 4.27. The minimum Gasteiger partial charge on any atom is -0.383 e. The van der Waals surface area contributed by atoms with E-state index in [1.54, 1.807) is 4.90 Å². The number of nitrogens with zero attached hydrogens (tertiary/aromatic N) is 2. The fraction of sp³-hybridized carbons (Fsp3) is 0.600. The maximum atomic E-state index is 12.0. The van der Waals surface area contributed by atoms with Crippen LogP contribution in [0.1, 0.15) is 20.8 Å². The van der Waals surface area contributed by atoms with Gasteiger partial charge in [-0.25, -0.2) is 8.42 Å². The lowest BCUT2D eigenvalue weighted by Crippen LogP contribution is -2.46. The lowest BCUT2D eigenvalue weighted by atomic mass is 10.3. The average molecular weight is 289 g/mol. The third-order valence-electron chi connectivity index (χ3n) is 2.70. The van der Waals surface area contributed by atoms with Gasteiger partial charge in [-0.2, -0.15) is 9.82 Å². The van der Waals surface area contributed by atoms with Crippen LogP contribution in [0.3, 0.4) is 0 Å². The van der Waals surface area contributed by atoms with Gasteiger partial charge in [0, 0.05) is 13.1 Å². The molecule has 0 aromatic carbocycles. The number of aromatic amines is 1. The van der Waals surface area contributed by atoms with Crippen molar-refractivity contribution in [3.8, 4) is 0 Å². The summed E-state index contributed by atoms with van der Waals surface area (Å²) in [5, 5.41) is 5.88. The Morgan fingerprint density at radius 3 is 2.53 bits per heavy atom. The Hall–Kier alpha value is -1.61. The Bertz CT molecular complexity index is 535. The topological polar surface area (TPSA) is 121 Å². The summed E-state index contributed by atoms with van der Waals surface area (Å²) < 4.78 is 26.3. The number of likely N-dealkylation sites (N-methyl/N-ethyl adjacent to an activating group) is 1. The summed E-state index contributed by atoms with van der Waals surface area (Å²) in [4.78, 5) is 13.4. The number of aromatic nitrogens is 2. The molecule has 1 atom stereocenters. The molecule has 0 fully saturated rings. The fourth-order valence-corrected chi connectivity index (χ4v) is 2.87. The molecule has 108 valence electrons. The highest BCUT2D eigenvalue weighted by Gasteiger charge is 2.26. The Kier molecular flexibility index (Phi) is 4.90. The van der Waals surface area contributed by atoms with Crippen molar-refractivity contribution in [3.05, 3.63) is 6.20 Å². The molecule has 4 N–H and O–H groups in total. The number of nitrogens with one attached hydrogen (secondary N) is 2. The van der Waals surface area contributed by atoms with Gasteiger partial charge < -0.3 is 10.6 Å². The fourth-order valence-electron chi connectivity index (χ4n) is 1.65. The van der Waals surface area contributed by atoms with Crippen molar-refractivity contribution in [2.75, 3.05) is 18.8 Å². The van der Waals surface area contributed by atoms with Crippen LogP contribution in [0.15, 0.2) is 11.1 Å². The van der Waals surface area contributed by atoms with Gasteiger partial charge in [0.25, 0.3) is 0 Å². The van der Waals surface area contributed by atoms with Crippen LogP contribution >= 0.6 is 0 Å². The molecular formula is C10H19N5O3S. The van der Waals surface area contributed by atoms with E-state index in [0.717, 1.165) is 6.20 Å². The Morgan fingerprint density at radius 2 is 2.11 bits per heavy atom. The van der Waals surface area contributed by atoms with E-state index in [1.807, 2.05) is 13.8 Å². The molecule has 0 saturated carbocycles. The molecule has 8 nitrogen and oxygen atoms in total. The van der Waals surface area contributed by atoms with Gasteiger partial charge >= 0.3 is 0 Å². The number of hydrogen-bond acceptors (Lipinski definition) is 5. The second kappa shape index (κ2) is 6.02. The summed E-state index contributed by atoms with van der Waals surface area (Å²) in [5.41, 5.74) is 5.46. The van der Waals surface area contributed by atoms with Gasteiger partial charge in [0.15, 0.2) is 0 Å². The van der Waals surface area contributed by atoms with E-state index in [9.17, 15) is 13.2 Å². The molecular weight excluding hydrogens is 270 g/mol. The number of amides is 1. The highest BCUT2D eigenvalue weighted by molar-refractivity contribution is 7.89. The highest BCUT2D eigenvalue weighted by atomic mass is 32.2. The van der Waals surface area contributed by atoms with Crippen LogP contribution in [-0.4, -0.2) is 48.6 Å². The van der Waals surface area contributed by atoms with Gasteiger partial charge in [-0.1, -0.05) is 0 Å². The molecule has 1 unspecified atom stereocenters. The molecule has 0 aliphatic carbocycles. The minimum atomic E-state index is -3.86. The summed E-state index contributed by atoms with van der Waals surface area (Å²) >= 11 is 0. The molecule has 1 aromatic heterocycles. The summed E-state index contributed by atoms with van der Waals surface area (Å²) in [6.45, 7) is 6.20. The molecule has 0 aliphatic heterocycles. The van der Waals surface area contributed by atoms with Crippen LogP contribution in [0.5, 0.6) is 0 Å². The zero-order chi connectivity index (χ0) is 14.6. The quantitative estimate of drug-likeness (QED) is 0.653. The van der Waals surface area contributed by atoms with E-state index in [1.165, 1.54) is 6.92 Å². The molecule has 1 aromatic rings.